The SMILES string of the molecule is CCC1=C(C)C2=NC1=CC1=C(C)C3=C(O)CC(=C4NC(=CC5=NC(=C2)C(C(C)=O)=C5C)C[C@@H]4CC)C3=N1. The lowest BCUT2D eigenvalue weighted by Crippen LogP contribution is -2.14. The van der Waals surface area contributed by atoms with Crippen LogP contribution in [0.4, 0.5) is 0 Å². The number of aliphatic hydroxyl groups is 1. The number of rotatable bonds is 3. The van der Waals surface area contributed by atoms with Gasteiger partial charge in [-0.1, -0.05) is 13.8 Å². The summed E-state index contributed by atoms with van der Waals surface area (Å²) >= 11 is 0. The van der Waals surface area contributed by atoms with E-state index in [2.05, 4.69) is 32.2 Å². The van der Waals surface area contributed by atoms with Crippen LogP contribution in [0.15, 0.2) is 106 Å². The number of carbonyl (C=O) groups is 1. The van der Waals surface area contributed by atoms with Crippen LogP contribution in [0.1, 0.15) is 67.2 Å². The molecule has 0 aromatic rings. The fourth-order valence-electron chi connectivity index (χ4n) is 6.34. The van der Waals surface area contributed by atoms with Gasteiger partial charge in [0.15, 0.2) is 5.78 Å². The van der Waals surface area contributed by atoms with E-state index in [0.717, 1.165) is 92.6 Å². The minimum Gasteiger partial charge on any atom is -0.511 e. The molecule has 6 nitrogen and oxygen atoms in total. The highest BCUT2D eigenvalue weighted by Crippen LogP contribution is 2.44. The second kappa shape index (κ2) is 8.37. The van der Waals surface area contributed by atoms with Crippen LogP contribution in [0.3, 0.4) is 0 Å². The number of fused-ring (bicyclic) bond motifs is 5. The average Bonchev–Trinajstić information content (AvgIpc) is 3.62. The topological polar surface area (TPSA) is 86.4 Å². The van der Waals surface area contributed by atoms with Crippen LogP contribution in [0, 0.1) is 5.92 Å². The van der Waals surface area contributed by atoms with Gasteiger partial charge in [0.2, 0.25) is 0 Å². The highest BCUT2D eigenvalue weighted by molar-refractivity contribution is 6.22. The van der Waals surface area contributed by atoms with Crippen molar-refractivity contribution >= 4 is 22.9 Å². The molecule has 0 unspecified atom stereocenters. The lowest BCUT2D eigenvalue weighted by atomic mass is 9.95. The summed E-state index contributed by atoms with van der Waals surface area (Å²) in [6, 6.07) is 0. The Labute approximate surface area is 217 Å². The number of ketones is 1. The van der Waals surface area contributed by atoms with Crippen molar-refractivity contribution in [1.29, 1.82) is 0 Å². The largest absolute Gasteiger partial charge is 0.511 e. The minimum absolute atomic E-state index is 0.00692. The maximum atomic E-state index is 12.7. The molecule has 0 amide bonds. The Kier molecular flexibility index (Phi) is 5.34. The van der Waals surface area contributed by atoms with Gasteiger partial charge in [-0.3, -0.25) is 4.79 Å². The molecule has 0 aromatic carbocycles. The van der Waals surface area contributed by atoms with Gasteiger partial charge < -0.3 is 10.4 Å². The number of aliphatic imine (C=N–C) groups is 3. The second-order valence-electron chi connectivity index (χ2n) is 10.5. The molecule has 0 radical (unpaired) electrons. The molecule has 0 saturated carbocycles. The Morgan fingerprint density at radius 2 is 1.73 bits per heavy atom. The van der Waals surface area contributed by atoms with E-state index in [1.807, 2.05) is 26.0 Å². The van der Waals surface area contributed by atoms with Gasteiger partial charge >= 0.3 is 0 Å². The number of Topliss-reactive ketones (excluding diaryl/α,β-unsaturated/α-hetero) is 1. The molecule has 188 valence electrons. The first kappa shape index (κ1) is 23.6. The van der Waals surface area contributed by atoms with Crippen LogP contribution < -0.4 is 5.32 Å². The lowest BCUT2D eigenvalue weighted by Gasteiger charge is -2.12. The van der Waals surface area contributed by atoms with E-state index < -0.39 is 0 Å². The summed E-state index contributed by atoms with van der Waals surface area (Å²) in [5.74, 6) is 0.701. The van der Waals surface area contributed by atoms with Crippen LogP contribution in [0.2, 0.25) is 0 Å². The van der Waals surface area contributed by atoms with Gasteiger partial charge in [0.25, 0.3) is 0 Å². The molecule has 2 N–H and O–H groups in total. The standard InChI is InChI=1S/C31H32N4O2/c1-7-18-9-19-10-22-15(4)28(17(6)36)26(34-22)13-23-14(3)20(8-2)25(33-23)12-24-16(5)29-27(37)11-21(30(18)32-19)31(29)35-24/h10,12-13,18,32,37H,7-9,11H2,1-6H3/t18-/m0/s1. The minimum atomic E-state index is 0.00692. The molecule has 5 heterocycles. The van der Waals surface area contributed by atoms with Crippen LogP contribution in [-0.4, -0.2) is 28.0 Å². The molecule has 1 atom stereocenters. The number of carbonyl (C=O) groups excluding carboxylic acids is 1. The van der Waals surface area contributed by atoms with Crippen molar-refractivity contribution in [2.75, 3.05) is 0 Å². The number of nitrogens with zero attached hydrogens (tertiary/aromatic N) is 3. The summed E-state index contributed by atoms with van der Waals surface area (Å²) in [7, 11) is 0. The van der Waals surface area contributed by atoms with E-state index in [9.17, 15) is 9.90 Å². The molecule has 1 saturated heterocycles. The van der Waals surface area contributed by atoms with Crippen molar-refractivity contribution in [3.8, 4) is 0 Å². The second-order valence-corrected chi connectivity index (χ2v) is 10.5. The molecule has 6 heteroatoms. The summed E-state index contributed by atoms with van der Waals surface area (Å²) in [5, 5.41) is 14.7. The molecule has 8 bridgehead atoms. The van der Waals surface area contributed by atoms with Crippen molar-refractivity contribution in [2.24, 2.45) is 20.9 Å². The number of nitrogens with one attached hydrogen (secondary N) is 1. The predicted molar refractivity (Wildman–Crippen MR) is 148 cm³/mol. The van der Waals surface area contributed by atoms with E-state index in [1.54, 1.807) is 6.92 Å². The Morgan fingerprint density at radius 3 is 2.43 bits per heavy atom. The smallest absolute Gasteiger partial charge is 0.162 e. The van der Waals surface area contributed by atoms with E-state index in [4.69, 9.17) is 15.0 Å². The van der Waals surface area contributed by atoms with Gasteiger partial charge in [0, 0.05) is 40.5 Å². The van der Waals surface area contributed by atoms with E-state index >= 15 is 0 Å². The van der Waals surface area contributed by atoms with Crippen molar-refractivity contribution in [2.45, 2.75) is 67.2 Å². The summed E-state index contributed by atoms with van der Waals surface area (Å²) < 4.78 is 0. The Hall–Kier alpha value is -3.80. The molecule has 0 spiro atoms. The molecule has 0 aromatic heterocycles. The van der Waals surface area contributed by atoms with Crippen molar-refractivity contribution < 1.29 is 9.90 Å². The summed E-state index contributed by atoms with van der Waals surface area (Å²) in [6.07, 6.45) is 9.23. The highest BCUT2D eigenvalue weighted by atomic mass is 16.3. The molecule has 1 fully saturated rings. The average molecular weight is 493 g/mol. The Morgan fingerprint density at radius 1 is 1.00 bits per heavy atom. The van der Waals surface area contributed by atoms with Crippen LogP contribution in [0.25, 0.3) is 0 Å². The van der Waals surface area contributed by atoms with Gasteiger partial charge in [-0.15, -0.1) is 0 Å². The van der Waals surface area contributed by atoms with E-state index in [1.165, 1.54) is 0 Å². The zero-order chi connectivity index (χ0) is 26.2. The third-order valence-electron chi connectivity index (χ3n) is 8.34. The number of aliphatic hydroxyl groups excluding tert-OH is 1. The van der Waals surface area contributed by atoms with Gasteiger partial charge in [-0.2, -0.15) is 0 Å². The van der Waals surface area contributed by atoms with Crippen molar-refractivity contribution in [3.63, 3.8) is 0 Å². The van der Waals surface area contributed by atoms with Gasteiger partial charge in [-0.05, 0) is 87.5 Å². The normalized spacial score (nSPS) is 24.5. The maximum Gasteiger partial charge on any atom is 0.162 e. The molecule has 37 heavy (non-hydrogen) atoms. The van der Waals surface area contributed by atoms with Crippen LogP contribution in [0.5, 0.6) is 0 Å². The summed E-state index contributed by atoms with van der Waals surface area (Å²) in [5.41, 5.74) is 13.9. The lowest BCUT2D eigenvalue weighted by molar-refractivity contribution is -0.113. The molecule has 5 aliphatic heterocycles. The molecular formula is C31H32N4O2. The zero-order valence-corrected chi connectivity index (χ0v) is 22.3. The monoisotopic (exact) mass is 492 g/mol. The quantitative estimate of drug-likeness (QED) is 0.477. The zero-order valence-electron chi connectivity index (χ0n) is 22.3. The van der Waals surface area contributed by atoms with Gasteiger partial charge in [0.1, 0.15) is 5.76 Å². The summed E-state index contributed by atoms with van der Waals surface area (Å²) in [6.45, 7) is 12.0. The van der Waals surface area contributed by atoms with E-state index in [0.29, 0.717) is 29.4 Å². The maximum absolute atomic E-state index is 12.7. The molecule has 6 aliphatic rings. The third kappa shape index (κ3) is 3.45. The van der Waals surface area contributed by atoms with Gasteiger partial charge in [-0.25, -0.2) is 15.0 Å². The highest BCUT2D eigenvalue weighted by Gasteiger charge is 2.38. The number of hydrogen-bond donors (Lipinski definition) is 2. The fraction of sp³-hybridized carbons (Fsp3) is 0.355. The van der Waals surface area contributed by atoms with E-state index in [-0.39, 0.29) is 5.78 Å². The third-order valence-corrected chi connectivity index (χ3v) is 8.34. The predicted octanol–water partition coefficient (Wildman–Crippen LogP) is 6.41. The van der Waals surface area contributed by atoms with Crippen molar-refractivity contribution in [1.82, 2.24) is 5.32 Å². The van der Waals surface area contributed by atoms with Crippen LogP contribution in [-0.2, 0) is 4.79 Å². The van der Waals surface area contributed by atoms with Crippen LogP contribution >= 0.6 is 0 Å². The van der Waals surface area contributed by atoms with Gasteiger partial charge in [0.05, 0.1) is 34.2 Å². The molecule has 6 rings (SSSR count). The first-order valence-electron chi connectivity index (χ1n) is 13.2. The number of allylic oxidation sites excluding steroid dienone is 12. The molecular weight excluding hydrogens is 460 g/mol. The number of hydrogen-bond acceptors (Lipinski definition) is 6. The summed E-state index contributed by atoms with van der Waals surface area (Å²) in [4.78, 5) is 27.7. The first-order chi connectivity index (χ1) is 17.7. The first-order valence-corrected chi connectivity index (χ1v) is 13.2. The van der Waals surface area contributed by atoms with Crippen molar-refractivity contribution in [3.05, 3.63) is 91.5 Å². The Bertz CT molecular complexity index is 1560. The Balaban J connectivity index is 1.63. The fourth-order valence-corrected chi connectivity index (χ4v) is 6.34. The molecule has 1 aliphatic carbocycles.